The molecule has 0 spiro atoms. The summed E-state index contributed by atoms with van der Waals surface area (Å²) in [4.78, 5) is 2.14. The van der Waals surface area contributed by atoms with Gasteiger partial charge < -0.3 is 15.7 Å². The molecule has 1 atom stereocenters. The zero-order valence-electron chi connectivity index (χ0n) is 12.7. The van der Waals surface area contributed by atoms with Gasteiger partial charge in [-0.25, -0.2) is 0 Å². The SMILES string of the molecule is Cc1ccc(C(C)C)cc1CCN(C)CC(O)CN. The first-order chi connectivity index (χ1) is 8.93. The van der Waals surface area contributed by atoms with Crippen molar-refractivity contribution in [1.29, 1.82) is 0 Å². The van der Waals surface area contributed by atoms with Gasteiger partial charge in [0.2, 0.25) is 0 Å². The van der Waals surface area contributed by atoms with Crippen molar-refractivity contribution in [3.63, 3.8) is 0 Å². The number of aliphatic hydroxyl groups is 1. The number of aliphatic hydroxyl groups excluding tert-OH is 1. The van der Waals surface area contributed by atoms with Crippen LogP contribution in [0.5, 0.6) is 0 Å². The molecule has 3 N–H and O–H groups in total. The van der Waals surface area contributed by atoms with E-state index in [1.54, 1.807) is 0 Å². The Hall–Kier alpha value is -0.900. The molecule has 0 aromatic heterocycles. The van der Waals surface area contributed by atoms with Gasteiger partial charge in [0.05, 0.1) is 6.10 Å². The van der Waals surface area contributed by atoms with Crippen molar-refractivity contribution in [2.45, 2.75) is 39.2 Å². The molecule has 0 bridgehead atoms. The maximum absolute atomic E-state index is 9.53. The van der Waals surface area contributed by atoms with E-state index in [2.05, 4.69) is 43.9 Å². The summed E-state index contributed by atoms with van der Waals surface area (Å²) in [5, 5.41) is 9.53. The molecule has 108 valence electrons. The van der Waals surface area contributed by atoms with Crippen LogP contribution in [-0.2, 0) is 6.42 Å². The van der Waals surface area contributed by atoms with Crippen LogP contribution in [0.15, 0.2) is 18.2 Å². The van der Waals surface area contributed by atoms with Crippen LogP contribution in [0.4, 0.5) is 0 Å². The molecule has 0 aliphatic rings. The van der Waals surface area contributed by atoms with E-state index in [1.165, 1.54) is 16.7 Å². The Bertz CT molecular complexity index is 390. The van der Waals surface area contributed by atoms with Gasteiger partial charge >= 0.3 is 0 Å². The smallest absolute Gasteiger partial charge is 0.0788 e. The van der Waals surface area contributed by atoms with Crippen LogP contribution in [0, 0.1) is 6.92 Å². The monoisotopic (exact) mass is 264 g/mol. The topological polar surface area (TPSA) is 49.5 Å². The highest BCUT2D eigenvalue weighted by Gasteiger charge is 2.08. The molecule has 0 heterocycles. The average Bonchev–Trinajstić information content (AvgIpc) is 2.37. The van der Waals surface area contributed by atoms with Crippen molar-refractivity contribution in [3.05, 3.63) is 34.9 Å². The highest BCUT2D eigenvalue weighted by atomic mass is 16.3. The first-order valence-corrected chi connectivity index (χ1v) is 7.10. The summed E-state index contributed by atoms with van der Waals surface area (Å²) >= 11 is 0. The Kier molecular flexibility index (Phi) is 6.49. The summed E-state index contributed by atoms with van der Waals surface area (Å²) in [6.07, 6.45) is 0.591. The number of nitrogens with two attached hydrogens (primary N) is 1. The van der Waals surface area contributed by atoms with Gasteiger partial charge in [-0.15, -0.1) is 0 Å². The van der Waals surface area contributed by atoms with Crippen LogP contribution < -0.4 is 5.73 Å². The van der Waals surface area contributed by atoms with Crippen LogP contribution >= 0.6 is 0 Å². The minimum atomic E-state index is -0.423. The van der Waals surface area contributed by atoms with E-state index in [0.29, 0.717) is 19.0 Å². The number of likely N-dealkylation sites (N-methyl/N-ethyl adjacent to an activating group) is 1. The van der Waals surface area contributed by atoms with Gasteiger partial charge in [-0.05, 0) is 43.0 Å². The molecule has 0 saturated carbocycles. The lowest BCUT2D eigenvalue weighted by molar-refractivity contribution is 0.133. The molecule has 3 heteroatoms. The number of rotatable bonds is 7. The lowest BCUT2D eigenvalue weighted by Gasteiger charge is -2.20. The first kappa shape index (κ1) is 16.2. The molecule has 3 nitrogen and oxygen atoms in total. The molecule has 19 heavy (non-hydrogen) atoms. The zero-order chi connectivity index (χ0) is 14.4. The summed E-state index contributed by atoms with van der Waals surface area (Å²) in [5.74, 6) is 0.566. The second-order valence-corrected chi connectivity index (χ2v) is 5.74. The molecule has 0 aliphatic heterocycles. The van der Waals surface area contributed by atoms with Crippen LogP contribution in [0.25, 0.3) is 0 Å². The number of aryl methyl sites for hydroxylation is 1. The highest BCUT2D eigenvalue weighted by molar-refractivity contribution is 5.32. The summed E-state index contributed by atoms with van der Waals surface area (Å²) in [5.41, 5.74) is 9.57. The molecule has 0 amide bonds. The third kappa shape index (κ3) is 5.31. The maximum Gasteiger partial charge on any atom is 0.0788 e. The quantitative estimate of drug-likeness (QED) is 0.791. The van der Waals surface area contributed by atoms with Crippen LogP contribution in [0.1, 0.15) is 36.5 Å². The Morgan fingerprint density at radius 2 is 2.00 bits per heavy atom. The molecule has 0 saturated heterocycles. The highest BCUT2D eigenvalue weighted by Crippen LogP contribution is 2.19. The van der Waals surface area contributed by atoms with Crippen LogP contribution in [0.2, 0.25) is 0 Å². The second-order valence-electron chi connectivity index (χ2n) is 5.74. The minimum absolute atomic E-state index is 0.326. The molecule has 1 unspecified atom stereocenters. The average molecular weight is 264 g/mol. The van der Waals surface area contributed by atoms with E-state index in [0.717, 1.165) is 13.0 Å². The minimum Gasteiger partial charge on any atom is -0.390 e. The number of hydrogen-bond donors (Lipinski definition) is 2. The van der Waals surface area contributed by atoms with E-state index in [9.17, 15) is 5.11 Å². The van der Waals surface area contributed by atoms with E-state index < -0.39 is 6.10 Å². The van der Waals surface area contributed by atoms with Crippen molar-refractivity contribution >= 4 is 0 Å². The Morgan fingerprint density at radius 1 is 1.32 bits per heavy atom. The second kappa shape index (κ2) is 7.63. The van der Waals surface area contributed by atoms with Gasteiger partial charge in [-0.2, -0.15) is 0 Å². The van der Waals surface area contributed by atoms with Gasteiger partial charge in [0.15, 0.2) is 0 Å². The largest absolute Gasteiger partial charge is 0.390 e. The normalized spacial score (nSPS) is 13.3. The summed E-state index contributed by atoms with van der Waals surface area (Å²) in [6, 6.07) is 6.73. The first-order valence-electron chi connectivity index (χ1n) is 7.10. The molecule has 0 radical (unpaired) electrons. The number of nitrogens with zero attached hydrogens (tertiary/aromatic N) is 1. The third-order valence-corrected chi connectivity index (χ3v) is 3.60. The molecule has 1 aromatic rings. The van der Waals surface area contributed by atoms with Gasteiger partial charge in [-0.3, -0.25) is 0 Å². The van der Waals surface area contributed by atoms with Crippen LogP contribution in [-0.4, -0.2) is 42.8 Å². The molecule has 1 aromatic carbocycles. The predicted octanol–water partition coefficient (Wildman–Crippen LogP) is 1.91. The summed E-state index contributed by atoms with van der Waals surface area (Å²) in [7, 11) is 2.03. The fraction of sp³-hybridized carbons (Fsp3) is 0.625. The van der Waals surface area contributed by atoms with Crippen molar-refractivity contribution < 1.29 is 5.11 Å². The van der Waals surface area contributed by atoms with E-state index in [4.69, 9.17) is 5.73 Å². The maximum atomic E-state index is 9.53. The molecule has 1 rings (SSSR count). The van der Waals surface area contributed by atoms with Gasteiger partial charge in [0, 0.05) is 19.6 Å². The van der Waals surface area contributed by atoms with Crippen molar-refractivity contribution in [2.24, 2.45) is 5.73 Å². The van der Waals surface area contributed by atoms with Crippen LogP contribution in [0.3, 0.4) is 0 Å². The van der Waals surface area contributed by atoms with E-state index >= 15 is 0 Å². The van der Waals surface area contributed by atoms with Gasteiger partial charge in [0.1, 0.15) is 0 Å². The molecular weight excluding hydrogens is 236 g/mol. The fourth-order valence-corrected chi connectivity index (χ4v) is 2.16. The van der Waals surface area contributed by atoms with Crippen molar-refractivity contribution in [3.8, 4) is 0 Å². The standard InChI is InChI=1S/C16H28N2O/c1-12(2)14-6-5-13(3)15(9-14)7-8-18(4)11-16(19)10-17/h5-6,9,12,16,19H,7-8,10-11,17H2,1-4H3. The lowest BCUT2D eigenvalue weighted by atomic mass is 9.96. The molecule has 0 aliphatic carbocycles. The van der Waals surface area contributed by atoms with Gasteiger partial charge in [0.25, 0.3) is 0 Å². The summed E-state index contributed by atoms with van der Waals surface area (Å²) in [6.45, 7) is 8.51. The van der Waals surface area contributed by atoms with E-state index in [-0.39, 0.29) is 0 Å². The number of hydrogen-bond acceptors (Lipinski definition) is 3. The summed E-state index contributed by atoms with van der Waals surface area (Å²) < 4.78 is 0. The fourth-order valence-electron chi connectivity index (χ4n) is 2.16. The number of benzene rings is 1. The molecule has 0 fully saturated rings. The van der Waals surface area contributed by atoms with Crippen molar-refractivity contribution in [2.75, 3.05) is 26.7 Å². The lowest BCUT2D eigenvalue weighted by Crippen LogP contribution is -2.35. The van der Waals surface area contributed by atoms with Crippen molar-refractivity contribution in [1.82, 2.24) is 4.90 Å². The van der Waals surface area contributed by atoms with Gasteiger partial charge in [-0.1, -0.05) is 32.0 Å². The van der Waals surface area contributed by atoms with E-state index in [1.807, 2.05) is 7.05 Å². The third-order valence-electron chi connectivity index (χ3n) is 3.60. The zero-order valence-corrected chi connectivity index (χ0v) is 12.7. The predicted molar refractivity (Wildman–Crippen MR) is 81.5 cm³/mol. The Labute approximate surface area is 117 Å². The molecular formula is C16H28N2O. The Balaban J connectivity index is 2.59. The Morgan fingerprint density at radius 3 is 2.58 bits per heavy atom.